The van der Waals surface area contributed by atoms with E-state index in [1.54, 1.807) is 0 Å². The zero-order chi connectivity index (χ0) is 7.40. The number of hydrogen-bond donors (Lipinski definition) is 0. The van der Waals surface area contributed by atoms with Gasteiger partial charge in [0, 0.05) is 11.1 Å². The Kier molecular flexibility index (Phi) is 2.87. The van der Waals surface area contributed by atoms with Crippen molar-refractivity contribution in [2.24, 2.45) is 0 Å². The average Bonchev–Trinajstić information content (AvgIpc) is 2.37. The van der Waals surface area contributed by atoms with Crippen LogP contribution < -0.4 is 0 Å². The molecule has 0 aliphatic carbocycles. The molecule has 0 unspecified atom stereocenters. The third kappa shape index (κ3) is 1.81. The lowest BCUT2D eigenvalue weighted by molar-refractivity contribution is 0.908. The van der Waals surface area contributed by atoms with E-state index in [-0.39, 0.29) is 0 Å². The molecule has 0 fully saturated rings. The number of hydrogen-bond acceptors (Lipinski definition) is 2. The summed E-state index contributed by atoms with van der Waals surface area (Å²) >= 11 is 1.85. The molecule has 0 aromatic carbocycles. The Morgan fingerprint density at radius 2 is 2.30 bits per heavy atom. The minimum atomic E-state index is 1.13. The summed E-state index contributed by atoms with van der Waals surface area (Å²) in [6.07, 6.45) is 5.47. The van der Waals surface area contributed by atoms with Crippen molar-refractivity contribution in [1.29, 1.82) is 0 Å². The number of aryl methyl sites for hydroxylation is 2. The molecule has 0 N–H and O–H groups in total. The largest absolute Gasteiger partial charge is 0.249 e. The van der Waals surface area contributed by atoms with Gasteiger partial charge in [-0.05, 0) is 19.3 Å². The lowest BCUT2D eigenvalue weighted by Gasteiger charge is -1.86. The minimum Gasteiger partial charge on any atom is -0.249 e. The van der Waals surface area contributed by atoms with Gasteiger partial charge in [-0.3, -0.25) is 0 Å². The van der Waals surface area contributed by atoms with Crippen LogP contribution in [0.15, 0.2) is 6.20 Å². The Morgan fingerprint density at radius 3 is 2.80 bits per heavy atom. The average molecular weight is 155 g/mol. The first-order valence-corrected chi connectivity index (χ1v) is 4.62. The molecule has 56 valence electrons. The third-order valence-electron chi connectivity index (χ3n) is 1.41. The molecule has 1 aromatic rings. The molecule has 0 amide bonds. The van der Waals surface area contributed by atoms with Gasteiger partial charge in [-0.25, -0.2) is 4.98 Å². The van der Waals surface area contributed by atoms with E-state index in [9.17, 15) is 0 Å². The molecule has 1 rings (SSSR count). The van der Waals surface area contributed by atoms with Crippen molar-refractivity contribution < 1.29 is 0 Å². The zero-order valence-corrected chi connectivity index (χ0v) is 7.37. The van der Waals surface area contributed by atoms with Gasteiger partial charge < -0.3 is 0 Å². The van der Waals surface area contributed by atoms with E-state index < -0.39 is 0 Å². The molecule has 0 bridgehead atoms. The molecule has 0 saturated heterocycles. The van der Waals surface area contributed by atoms with Gasteiger partial charge in [0.25, 0.3) is 0 Å². The van der Waals surface area contributed by atoms with Crippen LogP contribution in [-0.4, -0.2) is 4.98 Å². The highest BCUT2D eigenvalue weighted by molar-refractivity contribution is 7.11. The van der Waals surface area contributed by atoms with Crippen LogP contribution in [0.1, 0.15) is 30.2 Å². The van der Waals surface area contributed by atoms with Gasteiger partial charge in [-0.15, -0.1) is 11.3 Å². The molecule has 0 aliphatic heterocycles. The standard InChI is InChI=1S/C8H13NS/c1-3-5-8-9-6-7(4-2)10-8/h6H,3-5H2,1-2H3. The fourth-order valence-electron chi connectivity index (χ4n) is 0.841. The maximum absolute atomic E-state index is 4.30. The molecule has 2 heteroatoms. The third-order valence-corrected chi connectivity index (χ3v) is 2.62. The van der Waals surface area contributed by atoms with E-state index in [1.807, 2.05) is 17.5 Å². The fourth-order valence-corrected chi connectivity index (χ4v) is 1.80. The topological polar surface area (TPSA) is 12.9 Å². The summed E-state index contributed by atoms with van der Waals surface area (Å²) in [4.78, 5) is 5.70. The van der Waals surface area contributed by atoms with E-state index in [4.69, 9.17) is 0 Å². The second-order valence-electron chi connectivity index (χ2n) is 2.32. The molecule has 0 atom stereocenters. The maximum atomic E-state index is 4.30. The van der Waals surface area contributed by atoms with Crippen LogP contribution in [0, 0.1) is 0 Å². The van der Waals surface area contributed by atoms with Crippen molar-refractivity contribution in [3.05, 3.63) is 16.1 Å². The molecular weight excluding hydrogens is 142 g/mol. The molecule has 0 saturated carbocycles. The van der Waals surface area contributed by atoms with Gasteiger partial charge in [-0.2, -0.15) is 0 Å². The van der Waals surface area contributed by atoms with E-state index in [0.717, 1.165) is 12.8 Å². The summed E-state index contributed by atoms with van der Waals surface area (Å²) < 4.78 is 0. The van der Waals surface area contributed by atoms with Gasteiger partial charge in [0.05, 0.1) is 5.01 Å². The number of thiazole rings is 1. The summed E-state index contributed by atoms with van der Waals surface area (Å²) in [5, 5.41) is 1.29. The molecule has 0 aliphatic rings. The highest BCUT2D eigenvalue weighted by atomic mass is 32.1. The number of rotatable bonds is 3. The van der Waals surface area contributed by atoms with Crippen LogP contribution in [0.3, 0.4) is 0 Å². The molecule has 1 heterocycles. The predicted octanol–water partition coefficient (Wildman–Crippen LogP) is 2.66. The van der Waals surface area contributed by atoms with Crippen molar-refractivity contribution in [2.45, 2.75) is 33.1 Å². The first-order valence-electron chi connectivity index (χ1n) is 3.80. The van der Waals surface area contributed by atoms with Crippen molar-refractivity contribution >= 4 is 11.3 Å². The smallest absolute Gasteiger partial charge is 0.0927 e. The van der Waals surface area contributed by atoms with Gasteiger partial charge in [0.1, 0.15) is 0 Å². The first-order chi connectivity index (χ1) is 4.86. The summed E-state index contributed by atoms with van der Waals surface area (Å²) in [5.41, 5.74) is 0. The van der Waals surface area contributed by atoms with Crippen LogP contribution in [0.4, 0.5) is 0 Å². The Labute approximate surface area is 66.1 Å². The van der Waals surface area contributed by atoms with Crippen molar-refractivity contribution in [3.63, 3.8) is 0 Å². The summed E-state index contributed by atoms with van der Waals surface area (Å²) in [5.74, 6) is 0. The summed E-state index contributed by atoms with van der Waals surface area (Å²) in [7, 11) is 0. The summed E-state index contributed by atoms with van der Waals surface area (Å²) in [6, 6.07) is 0. The van der Waals surface area contributed by atoms with Crippen LogP contribution in [0.5, 0.6) is 0 Å². The van der Waals surface area contributed by atoms with Crippen molar-refractivity contribution in [1.82, 2.24) is 4.98 Å². The Balaban J connectivity index is 2.59. The van der Waals surface area contributed by atoms with Crippen LogP contribution in [0.25, 0.3) is 0 Å². The van der Waals surface area contributed by atoms with Crippen LogP contribution in [-0.2, 0) is 12.8 Å². The van der Waals surface area contributed by atoms with Crippen LogP contribution >= 0.6 is 11.3 Å². The fraction of sp³-hybridized carbons (Fsp3) is 0.625. The molecule has 0 spiro atoms. The second-order valence-corrected chi connectivity index (χ2v) is 3.52. The van der Waals surface area contributed by atoms with Gasteiger partial charge in [0.2, 0.25) is 0 Å². The van der Waals surface area contributed by atoms with Gasteiger partial charge in [-0.1, -0.05) is 13.8 Å². The van der Waals surface area contributed by atoms with Gasteiger partial charge in [0.15, 0.2) is 0 Å². The highest BCUT2D eigenvalue weighted by Crippen LogP contribution is 2.14. The molecular formula is C8H13NS. The quantitative estimate of drug-likeness (QED) is 0.654. The predicted molar refractivity (Wildman–Crippen MR) is 45.5 cm³/mol. The first kappa shape index (κ1) is 7.73. The van der Waals surface area contributed by atoms with Crippen molar-refractivity contribution in [2.75, 3.05) is 0 Å². The minimum absolute atomic E-state index is 1.13. The molecule has 10 heavy (non-hydrogen) atoms. The molecule has 0 radical (unpaired) electrons. The number of nitrogens with zero attached hydrogens (tertiary/aromatic N) is 1. The SMILES string of the molecule is CCCc1ncc(CC)s1. The Hall–Kier alpha value is -0.370. The van der Waals surface area contributed by atoms with E-state index in [2.05, 4.69) is 18.8 Å². The highest BCUT2D eigenvalue weighted by Gasteiger charge is 1.97. The van der Waals surface area contributed by atoms with E-state index in [0.29, 0.717) is 0 Å². The van der Waals surface area contributed by atoms with E-state index >= 15 is 0 Å². The van der Waals surface area contributed by atoms with Gasteiger partial charge >= 0.3 is 0 Å². The van der Waals surface area contributed by atoms with Crippen LogP contribution in [0.2, 0.25) is 0 Å². The van der Waals surface area contributed by atoms with E-state index in [1.165, 1.54) is 16.3 Å². The second kappa shape index (κ2) is 3.71. The maximum Gasteiger partial charge on any atom is 0.0927 e. The van der Waals surface area contributed by atoms with Crippen molar-refractivity contribution in [3.8, 4) is 0 Å². The Morgan fingerprint density at radius 1 is 1.50 bits per heavy atom. The normalized spacial score (nSPS) is 10.2. The lowest BCUT2D eigenvalue weighted by atomic mass is 10.4. The monoisotopic (exact) mass is 155 g/mol. The Bertz CT molecular complexity index is 193. The summed E-state index contributed by atoms with van der Waals surface area (Å²) in [6.45, 7) is 4.36. The molecule has 1 nitrogen and oxygen atoms in total. The molecule has 1 aromatic heterocycles. The lowest BCUT2D eigenvalue weighted by Crippen LogP contribution is -1.76. The number of aromatic nitrogens is 1. The zero-order valence-electron chi connectivity index (χ0n) is 6.55.